The lowest BCUT2D eigenvalue weighted by Gasteiger charge is -2.10. The van der Waals surface area contributed by atoms with Crippen LogP contribution >= 0.6 is 0 Å². The summed E-state index contributed by atoms with van der Waals surface area (Å²) in [5, 5.41) is 2.63. The minimum Gasteiger partial charge on any atom is -0.489 e. The molecule has 1 amide bonds. The minimum atomic E-state index is -0.0951. The molecule has 2 rings (SSSR count). The van der Waals surface area contributed by atoms with Crippen molar-refractivity contribution in [2.75, 3.05) is 7.05 Å². The summed E-state index contributed by atoms with van der Waals surface area (Å²) in [7, 11) is 1.62. The summed E-state index contributed by atoms with van der Waals surface area (Å²) in [4.78, 5) is 11.7. The van der Waals surface area contributed by atoms with Gasteiger partial charge >= 0.3 is 0 Å². The molecular formula is C15H15NO2. The molecule has 2 aromatic rings. The maximum absolute atomic E-state index is 11.7. The Hall–Kier alpha value is -2.29. The number of hydrogen-bond acceptors (Lipinski definition) is 2. The van der Waals surface area contributed by atoms with Gasteiger partial charge < -0.3 is 10.1 Å². The smallest absolute Gasteiger partial charge is 0.251 e. The Labute approximate surface area is 106 Å². The number of benzene rings is 2. The van der Waals surface area contributed by atoms with E-state index in [0.29, 0.717) is 12.2 Å². The van der Waals surface area contributed by atoms with E-state index in [9.17, 15) is 4.79 Å². The monoisotopic (exact) mass is 241 g/mol. The third-order valence-corrected chi connectivity index (χ3v) is 2.63. The molecule has 18 heavy (non-hydrogen) atoms. The van der Waals surface area contributed by atoms with Gasteiger partial charge in [0.05, 0.1) is 0 Å². The summed E-state index contributed by atoms with van der Waals surface area (Å²) < 4.78 is 5.65. The quantitative estimate of drug-likeness (QED) is 0.893. The highest BCUT2D eigenvalue weighted by Gasteiger charge is 2.09. The number of hydrogen-bond donors (Lipinski definition) is 1. The topological polar surface area (TPSA) is 38.3 Å². The van der Waals surface area contributed by atoms with Gasteiger partial charge in [-0.2, -0.15) is 0 Å². The van der Waals surface area contributed by atoms with Gasteiger partial charge in [0.25, 0.3) is 5.91 Å². The standard InChI is InChI=1S/C15H15NO2/c1-16-15(17)14-10-6-5-7-12(14)11-18-13-8-3-2-4-9-13/h2-10H,11H2,1H3,(H,16,17). The highest BCUT2D eigenvalue weighted by molar-refractivity contribution is 5.95. The van der Waals surface area contributed by atoms with Crippen LogP contribution in [-0.4, -0.2) is 13.0 Å². The second-order valence-corrected chi connectivity index (χ2v) is 3.84. The van der Waals surface area contributed by atoms with E-state index in [4.69, 9.17) is 4.74 Å². The van der Waals surface area contributed by atoms with Gasteiger partial charge in [-0.3, -0.25) is 4.79 Å². The van der Waals surface area contributed by atoms with Gasteiger partial charge in [-0.05, 0) is 18.2 Å². The molecular weight excluding hydrogens is 226 g/mol. The fraction of sp³-hybridized carbons (Fsp3) is 0.133. The van der Waals surface area contributed by atoms with E-state index in [-0.39, 0.29) is 5.91 Å². The molecule has 0 aliphatic rings. The fourth-order valence-corrected chi connectivity index (χ4v) is 1.68. The summed E-state index contributed by atoms with van der Waals surface area (Å²) in [5.41, 5.74) is 1.52. The maximum atomic E-state index is 11.7. The number of carbonyl (C=O) groups excluding carboxylic acids is 1. The molecule has 3 nitrogen and oxygen atoms in total. The van der Waals surface area contributed by atoms with Gasteiger partial charge in [0.2, 0.25) is 0 Å². The molecule has 0 heterocycles. The summed E-state index contributed by atoms with van der Waals surface area (Å²) >= 11 is 0. The molecule has 0 aromatic heterocycles. The maximum Gasteiger partial charge on any atom is 0.251 e. The van der Waals surface area contributed by atoms with Crippen LogP contribution in [0.1, 0.15) is 15.9 Å². The minimum absolute atomic E-state index is 0.0951. The van der Waals surface area contributed by atoms with E-state index in [1.54, 1.807) is 13.1 Å². The Morgan fingerprint density at radius 3 is 2.44 bits per heavy atom. The zero-order valence-electron chi connectivity index (χ0n) is 10.2. The van der Waals surface area contributed by atoms with Gasteiger partial charge in [-0.15, -0.1) is 0 Å². The van der Waals surface area contributed by atoms with Gasteiger partial charge in [-0.1, -0.05) is 36.4 Å². The molecule has 3 heteroatoms. The van der Waals surface area contributed by atoms with Crippen molar-refractivity contribution in [1.29, 1.82) is 0 Å². The van der Waals surface area contributed by atoms with Gasteiger partial charge in [0, 0.05) is 18.2 Å². The zero-order valence-corrected chi connectivity index (χ0v) is 10.2. The number of amides is 1. The van der Waals surface area contributed by atoms with Crippen LogP contribution in [-0.2, 0) is 6.61 Å². The second-order valence-electron chi connectivity index (χ2n) is 3.84. The van der Waals surface area contributed by atoms with Crippen LogP contribution in [0, 0.1) is 0 Å². The Morgan fingerprint density at radius 2 is 1.72 bits per heavy atom. The second kappa shape index (κ2) is 5.87. The molecule has 92 valence electrons. The molecule has 0 atom stereocenters. The van der Waals surface area contributed by atoms with Crippen LogP contribution in [0.2, 0.25) is 0 Å². The molecule has 0 saturated heterocycles. The first-order valence-corrected chi connectivity index (χ1v) is 5.79. The Morgan fingerprint density at radius 1 is 1.06 bits per heavy atom. The van der Waals surface area contributed by atoms with E-state index >= 15 is 0 Å². The van der Waals surface area contributed by atoms with Crippen molar-refractivity contribution in [3.8, 4) is 5.75 Å². The van der Waals surface area contributed by atoms with Crippen LogP contribution in [0.25, 0.3) is 0 Å². The highest BCUT2D eigenvalue weighted by Crippen LogP contribution is 2.14. The molecule has 0 bridgehead atoms. The van der Waals surface area contributed by atoms with Gasteiger partial charge in [0.15, 0.2) is 0 Å². The molecule has 0 fully saturated rings. The highest BCUT2D eigenvalue weighted by atomic mass is 16.5. The molecule has 0 radical (unpaired) electrons. The van der Waals surface area contributed by atoms with Crippen molar-refractivity contribution in [2.24, 2.45) is 0 Å². The van der Waals surface area contributed by atoms with Crippen molar-refractivity contribution >= 4 is 5.91 Å². The van der Waals surface area contributed by atoms with Gasteiger partial charge in [-0.25, -0.2) is 0 Å². The molecule has 0 spiro atoms. The average Bonchev–Trinajstić information content (AvgIpc) is 2.45. The number of carbonyl (C=O) groups is 1. The van der Waals surface area contributed by atoms with Crippen molar-refractivity contribution < 1.29 is 9.53 Å². The Kier molecular flexibility index (Phi) is 3.97. The summed E-state index contributed by atoms with van der Waals surface area (Å²) in [6.45, 7) is 0.383. The molecule has 0 aliphatic heterocycles. The van der Waals surface area contributed by atoms with Crippen molar-refractivity contribution in [3.63, 3.8) is 0 Å². The van der Waals surface area contributed by atoms with Crippen molar-refractivity contribution in [3.05, 3.63) is 65.7 Å². The Bertz CT molecular complexity index is 523. The normalized spacial score (nSPS) is 9.83. The lowest BCUT2D eigenvalue weighted by molar-refractivity contribution is 0.0960. The van der Waals surface area contributed by atoms with E-state index in [1.807, 2.05) is 48.5 Å². The van der Waals surface area contributed by atoms with E-state index in [2.05, 4.69) is 5.32 Å². The number of para-hydroxylation sites is 1. The third kappa shape index (κ3) is 2.88. The number of rotatable bonds is 4. The van der Waals surface area contributed by atoms with Crippen molar-refractivity contribution in [2.45, 2.75) is 6.61 Å². The first-order chi connectivity index (χ1) is 8.81. The fourth-order valence-electron chi connectivity index (χ4n) is 1.68. The van der Waals surface area contributed by atoms with E-state index in [1.165, 1.54) is 0 Å². The van der Waals surface area contributed by atoms with Crippen LogP contribution < -0.4 is 10.1 Å². The summed E-state index contributed by atoms with van der Waals surface area (Å²) in [6.07, 6.45) is 0. The van der Waals surface area contributed by atoms with Crippen LogP contribution in [0.4, 0.5) is 0 Å². The molecule has 0 unspecified atom stereocenters. The summed E-state index contributed by atoms with van der Waals surface area (Å²) in [6, 6.07) is 17.0. The first-order valence-electron chi connectivity index (χ1n) is 5.79. The molecule has 0 saturated carbocycles. The Balaban J connectivity index is 2.12. The molecule has 2 aromatic carbocycles. The van der Waals surface area contributed by atoms with Crippen LogP contribution in [0.5, 0.6) is 5.75 Å². The zero-order chi connectivity index (χ0) is 12.8. The molecule has 0 aliphatic carbocycles. The van der Waals surface area contributed by atoms with E-state index in [0.717, 1.165) is 11.3 Å². The first kappa shape index (κ1) is 12.2. The average molecular weight is 241 g/mol. The van der Waals surface area contributed by atoms with Crippen LogP contribution in [0.15, 0.2) is 54.6 Å². The number of ether oxygens (including phenoxy) is 1. The predicted octanol–water partition coefficient (Wildman–Crippen LogP) is 2.63. The summed E-state index contributed by atoms with van der Waals surface area (Å²) in [5.74, 6) is 0.700. The predicted molar refractivity (Wildman–Crippen MR) is 70.6 cm³/mol. The molecule has 1 N–H and O–H groups in total. The van der Waals surface area contributed by atoms with Gasteiger partial charge in [0.1, 0.15) is 12.4 Å². The van der Waals surface area contributed by atoms with Crippen molar-refractivity contribution in [1.82, 2.24) is 5.32 Å². The lowest BCUT2D eigenvalue weighted by Crippen LogP contribution is -2.20. The number of nitrogens with one attached hydrogen (secondary N) is 1. The van der Waals surface area contributed by atoms with Crippen LogP contribution in [0.3, 0.4) is 0 Å². The van der Waals surface area contributed by atoms with E-state index < -0.39 is 0 Å². The SMILES string of the molecule is CNC(=O)c1ccccc1COc1ccccc1. The lowest BCUT2D eigenvalue weighted by atomic mass is 10.1. The third-order valence-electron chi connectivity index (χ3n) is 2.63. The largest absolute Gasteiger partial charge is 0.489 e.